The van der Waals surface area contributed by atoms with Crippen LogP contribution in [-0.4, -0.2) is 0 Å². The molecular weight excluding hydrogens is 504 g/mol. The fraction of sp³-hybridized carbons (Fsp3) is 0. The minimum Gasteiger partial charge on any atom is -0.0622 e. The molecule has 0 saturated heterocycles. The van der Waals surface area contributed by atoms with Gasteiger partial charge in [-0.1, -0.05) is 152 Å². The van der Waals surface area contributed by atoms with Gasteiger partial charge in [0.1, 0.15) is 0 Å². The first kappa shape index (κ1) is 23.3. The monoisotopic (exact) mass is 530 g/mol. The van der Waals surface area contributed by atoms with Crippen LogP contribution in [0, 0.1) is 0 Å². The van der Waals surface area contributed by atoms with Gasteiger partial charge >= 0.3 is 0 Å². The van der Waals surface area contributed by atoms with Crippen LogP contribution in [0.4, 0.5) is 0 Å². The van der Waals surface area contributed by atoms with Crippen molar-refractivity contribution in [3.05, 3.63) is 158 Å². The summed E-state index contributed by atoms with van der Waals surface area (Å²) < 4.78 is 0. The van der Waals surface area contributed by atoms with E-state index >= 15 is 0 Å². The molecule has 42 heavy (non-hydrogen) atoms. The van der Waals surface area contributed by atoms with E-state index in [1.54, 1.807) is 0 Å². The summed E-state index contributed by atoms with van der Waals surface area (Å²) in [6.07, 6.45) is 0. The molecule has 0 radical (unpaired) electrons. The zero-order valence-corrected chi connectivity index (χ0v) is 23.0. The van der Waals surface area contributed by atoms with Crippen LogP contribution in [0.3, 0.4) is 0 Å². The summed E-state index contributed by atoms with van der Waals surface area (Å²) in [5.74, 6) is 0. The summed E-state index contributed by atoms with van der Waals surface area (Å²) in [5, 5.41) is 15.6. The molecule has 0 aliphatic rings. The maximum absolute atomic E-state index is 2.39. The van der Waals surface area contributed by atoms with Crippen LogP contribution >= 0.6 is 0 Å². The Bertz CT molecular complexity index is 2490. The van der Waals surface area contributed by atoms with Crippen LogP contribution in [0.1, 0.15) is 0 Å². The normalized spacial score (nSPS) is 11.8. The van der Waals surface area contributed by atoms with Crippen LogP contribution in [0.25, 0.3) is 86.9 Å². The molecule has 0 unspecified atom stereocenters. The van der Waals surface area contributed by atoms with Crippen molar-refractivity contribution in [2.45, 2.75) is 0 Å². The fourth-order valence-corrected chi connectivity index (χ4v) is 7.15. The highest BCUT2D eigenvalue weighted by atomic mass is 14.2. The van der Waals surface area contributed by atoms with Gasteiger partial charge in [0.2, 0.25) is 0 Å². The number of hydrogen-bond acceptors (Lipinski definition) is 0. The predicted octanol–water partition coefficient (Wildman–Crippen LogP) is 11.9. The first-order chi connectivity index (χ1) is 20.8. The fourth-order valence-electron chi connectivity index (χ4n) is 7.15. The van der Waals surface area contributed by atoms with Gasteiger partial charge in [-0.15, -0.1) is 0 Å². The Labute approximate surface area is 244 Å². The smallest absolute Gasteiger partial charge is 0.00264 e. The Hall–Kier alpha value is -5.46. The molecule has 0 N–H and O–H groups in total. The lowest BCUT2D eigenvalue weighted by Gasteiger charge is -2.16. The highest BCUT2D eigenvalue weighted by Gasteiger charge is 2.15. The van der Waals surface area contributed by atoms with Crippen molar-refractivity contribution in [2.75, 3.05) is 0 Å². The molecule has 0 aliphatic carbocycles. The van der Waals surface area contributed by atoms with Gasteiger partial charge in [0.15, 0.2) is 0 Å². The van der Waals surface area contributed by atoms with Gasteiger partial charge in [-0.05, 0) is 93.0 Å². The molecule has 0 nitrogen and oxygen atoms in total. The minimum atomic E-state index is 1.25. The van der Waals surface area contributed by atoms with Crippen LogP contribution in [0.2, 0.25) is 0 Å². The highest BCUT2D eigenvalue weighted by molar-refractivity contribution is 6.30. The number of rotatable bonds is 2. The van der Waals surface area contributed by atoms with Crippen molar-refractivity contribution in [1.82, 2.24) is 0 Å². The second kappa shape index (κ2) is 9.03. The molecule has 0 heterocycles. The maximum Gasteiger partial charge on any atom is -0.00264 e. The van der Waals surface area contributed by atoms with E-state index in [0.29, 0.717) is 0 Å². The standard InChI is InChI=1S/C42H26/c1-3-10-27(11-4-1)31-16-9-17-33-34(31)22-23-37-35(33)20-18-29-19-21-36-38(42(29)37)24-25-39-40(36)26-30-14-7-8-15-32(30)41(39)28-12-5-2-6-13-28/h1-26H. The zero-order valence-electron chi connectivity index (χ0n) is 23.0. The second-order valence-corrected chi connectivity index (χ2v) is 11.3. The molecule has 0 fully saturated rings. The first-order valence-corrected chi connectivity index (χ1v) is 14.6. The third-order valence-corrected chi connectivity index (χ3v) is 9.02. The maximum atomic E-state index is 2.39. The lowest BCUT2D eigenvalue weighted by molar-refractivity contribution is 1.66. The Morgan fingerprint density at radius 3 is 1.57 bits per heavy atom. The molecule has 0 bridgehead atoms. The summed E-state index contributed by atoms with van der Waals surface area (Å²) in [6.45, 7) is 0. The van der Waals surface area contributed by atoms with Gasteiger partial charge in [-0.2, -0.15) is 0 Å². The van der Waals surface area contributed by atoms with Crippen LogP contribution in [0.5, 0.6) is 0 Å². The van der Waals surface area contributed by atoms with E-state index in [2.05, 4.69) is 158 Å². The van der Waals surface area contributed by atoms with Gasteiger partial charge in [-0.3, -0.25) is 0 Å². The second-order valence-electron chi connectivity index (χ2n) is 11.3. The van der Waals surface area contributed by atoms with Crippen LogP contribution < -0.4 is 0 Å². The van der Waals surface area contributed by atoms with Crippen molar-refractivity contribution in [2.24, 2.45) is 0 Å². The average molecular weight is 531 g/mol. The van der Waals surface area contributed by atoms with E-state index in [9.17, 15) is 0 Å². The zero-order chi connectivity index (χ0) is 27.6. The molecular formula is C42H26. The number of fused-ring (bicyclic) bond motifs is 10. The minimum absolute atomic E-state index is 1.25. The van der Waals surface area contributed by atoms with E-state index in [0.717, 1.165) is 0 Å². The summed E-state index contributed by atoms with van der Waals surface area (Å²) in [7, 11) is 0. The first-order valence-electron chi connectivity index (χ1n) is 14.6. The van der Waals surface area contributed by atoms with Gasteiger partial charge in [0, 0.05) is 0 Å². The van der Waals surface area contributed by atoms with E-state index < -0.39 is 0 Å². The quantitative estimate of drug-likeness (QED) is 0.154. The van der Waals surface area contributed by atoms with Gasteiger partial charge in [0.25, 0.3) is 0 Å². The topological polar surface area (TPSA) is 0 Å². The summed E-state index contributed by atoms with van der Waals surface area (Å²) in [6, 6.07) is 58.0. The Balaban J connectivity index is 1.39. The molecule has 9 aromatic carbocycles. The Morgan fingerprint density at radius 1 is 0.262 bits per heavy atom. The van der Waals surface area contributed by atoms with E-state index in [1.807, 2.05) is 0 Å². The van der Waals surface area contributed by atoms with E-state index in [4.69, 9.17) is 0 Å². The molecule has 0 atom stereocenters. The summed E-state index contributed by atoms with van der Waals surface area (Å²) in [4.78, 5) is 0. The summed E-state index contributed by atoms with van der Waals surface area (Å²) >= 11 is 0. The summed E-state index contributed by atoms with van der Waals surface area (Å²) in [5.41, 5.74) is 5.09. The van der Waals surface area contributed by atoms with E-state index in [1.165, 1.54) is 86.9 Å². The third-order valence-electron chi connectivity index (χ3n) is 9.02. The van der Waals surface area contributed by atoms with Crippen molar-refractivity contribution in [3.8, 4) is 22.3 Å². The Morgan fingerprint density at radius 2 is 0.810 bits per heavy atom. The molecule has 0 spiro atoms. The molecule has 0 aliphatic heterocycles. The van der Waals surface area contributed by atoms with Crippen molar-refractivity contribution in [3.63, 3.8) is 0 Å². The van der Waals surface area contributed by atoms with Gasteiger partial charge in [-0.25, -0.2) is 0 Å². The largest absolute Gasteiger partial charge is 0.0622 e. The predicted molar refractivity (Wildman–Crippen MR) is 182 cm³/mol. The highest BCUT2D eigenvalue weighted by Crippen LogP contribution is 2.43. The number of benzene rings is 9. The lowest BCUT2D eigenvalue weighted by atomic mass is 9.87. The van der Waals surface area contributed by atoms with Crippen molar-refractivity contribution in [1.29, 1.82) is 0 Å². The average Bonchev–Trinajstić information content (AvgIpc) is 3.07. The molecule has 9 rings (SSSR count). The van der Waals surface area contributed by atoms with Crippen LogP contribution in [0.15, 0.2) is 158 Å². The third kappa shape index (κ3) is 3.36. The molecule has 0 saturated carbocycles. The lowest BCUT2D eigenvalue weighted by Crippen LogP contribution is -1.89. The van der Waals surface area contributed by atoms with Gasteiger partial charge < -0.3 is 0 Å². The molecule has 0 aromatic heterocycles. The molecule has 0 heteroatoms. The molecule has 9 aromatic rings. The van der Waals surface area contributed by atoms with Crippen molar-refractivity contribution >= 4 is 64.6 Å². The molecule has 194 valence electrons. The van der Waals surface area contributed by atoms with Gasteiger partial charge in [0.05, 0.1) is 0 Å². The number of hydrogen-bond donors (Lipinski definition) is 0. The van der Waals surface area contributed by atoms with Crippen molar-refractivity contribution < 1.29 is 0 Å². The van der Waals surface area contributed by atoms with Crippen LogP contribution in [-0.2, 0) is 0 Å². The SMILES string of the molecule is c1ccc(-c2cccc3c2ccc2c3ccc3ccc4c5cc6ccccc6c(-c6ccccc6)c5ccc4c32)cc1. The Kier molecular flexibility index (Phi) is 5.00. The molecule has 0 amide bonds. The van der Waals surface area contributed by atoms with E-state index in [-0.39, 0.29) is 0 Å².